The fraction of sp³-hybridized carbons (Fsp3) is 0.786. The maximum Gasteiger partial charge on any atom is 0.306 e. The molecule has 1 atom stereocenters. The Hall–Kier alpha value is -3.15. The van der Waals surface area contributed by atoms with E-state index in [1.54, 1.807) is 0 Å². The summed E-state index contributed by atoms with van der Waals surface area (Å²) in [5, 5.41) is 0. The second-order valence-electron chi connectivity index (χ2n) is 22.0. The van der Waals surface area contributed by atoms with Crippen molar-refractivity contribution in [1.29, 1.82) is 0 Å². The molecule has 0 aliphatic rings. The number of unbranched alkanes of at least 4 members (excludes halogenated alkanes) is 37. The largest absolute Gasteiger partial charge is 0.462 e. The first kappa shape index (κ1) is 72.8. The van der Waals surface area contributed by atoms with E-state index >= 15 is 0 Å². The lowest BCUT2D eigenvalue weighted by Crippen LogP contribution is -2.30. The van der Waals surface area contributed by atoms with Gasteiger partial charge in [-0.05, 0) is 70.6 Å². The van der Waals surface area contributed by atoms with E-state index < -0.39 is 6.10 Å². The van der Waals surface area contributed by atoms with Gasteiger partial charge in [0.2, 0.25) is 0 Å². The fourth-order valence-electron chi connectivity index (χ4n) is 9.57. The lowest BCUT2D eigenvalue weighted by atomic mass is 10.0. The van der Waals surface area contributed by atoms with Crippen LogP contribution in [0.5, 0.6) is 0 Å². The smallest absolute Gasteiger partial charge is 0.306 e. The summed E-state index contributed by atoms with van der Waals surface area (Å²) in [7, 11) is 0. The van der Waals surface area contributed by atoms with E-state index in [0.717, 1.165) is 89.9 Å². The maximum absolute atomic E-state index is 12.9. The summed E-state index contributed by atoms with van der Waals surface area (Å²) in [5.41, 5.74) is 0. The van der Waals surface area contributed by atoms with Gasteiger partial charge in [-0.1, -0.05) is 318 Å². The van der Waals surface area contributed by atoms with Crippen LogP contribution < -0.4 is 0 Å². The summed E-state index contributed by atoms with van der Waals surface area (Å²) in [5.74, 6) is -0.914. The van der Waals surface area contributed by atoms with Crippen LogP contribution in [0.3, 0.4) is 0 Å². The summed E-state index contributed by atoms with van der Waals surface area (Å²) in [6.45, 7) is 6.54. The Balaban J connectivity index is 4.34. The lowest BCUT2D eigenvalue weighted by Gasteiger charge is -2.18. The van der Waals surface area contributed by atoms with Gasteiger partial charge >= 0.3 is 17.9 Å². The number of allylic oxidation sites excluding steroid dienone is 12. The van der Waals surface area contributed by atoms with E-state index in [0.29, 0.717) is 19.3 Å². The van der Waals surface area contributed by atoms with Crippen molar-refractivity contribution >= 4 is 17.9 Å². The molecule has 0 N–H and O–H groups in total. The summed E-state index contributed by atoms with van der Waals surface area (Å²) in [6, 6.07) is 0. The molecule has 6 heteroatoms. The van der Waals surface area contributed by atoms with Crippen molar-refractivity contribution in [3.8, 4) is 0 Å². The minimum Gasteiger partial charge on any atom is -0.462 e. The predicted molar refractivity (Wildman–Crippen MR) is 330 cm³/mol. The van der Waals surface area contributed by atoms with Gasteiger partial charge < -0.3 is 14.2 Å². The van der Waals surface area contributed by atoms with Crippen molar-refractivity contribution in [3.05, 3.63) is 72.9 Å². The molecule has 76 heavy (non-hydrogen) atoms. The van der Waals surface area contributed by atoms with Crippen LogP contribution in [0.4, 0.5) is 0 Å². The normalized spacial score (nSPS) is 12.5. The molecule has 1 unspecified atom stereocenters. The predicted octanol–water partition coefficient (Wildman–Crippen LogP) is 22.5. The summed E-state index contributed by atoms with van der Waals surface area (Å²) in [6.07, 6.45) is 83.5. The van der Waals surface area contributed by atoms with Crippen molar-refractivity contribution in [2.24, 2.45) is 0 Å². The van der Waals surface area contributed by atoms with E-state index in [2.05, 4.69) is 93.7 Å². The number of hydrogen-bond acceptors (Lipinski definition) is 6. The van der Waals surface area contributed by atoms with Gasteiger partial charge in [-0.3, -0.25) is 14.4 Å². The van der Waals surface area contributed by atoms with Gasteiger partial charge in [-0.15, -0.1) is 0 Å². The monoisotopic (exact) mass is 1060 g/mol. The standard InChI is InChI=1S/C70H124O6/c1-4-7-10-13-16-19-22-25-27-29-31-33-34-35-37-38-40-42-45-48-51-54-57-60-63-69(72)75-66-67(65-74-68(71)62-59-56-53-50-47-44-24-21-18-15-12-9-6-3)76-70(73)64-61-58-55-52-49-46-43-41-39-36-32-30-28-26-23-20-17-14-11-8-5-2/h8,11,17,20,26,28,32,36,41,43,49,52,67H,4-7,9-10,12-16,18-19,21-25,27,29-31,33-35,37-40,42,44-48,50-51,53-66H2,1-3H3/b11-8-,20-17-,28-26-,36-32-,43-41-,52-49-. The van der Waals surface area contributed by atoms with E-state index in [1.165, 1.54) is 199 Å². The van der Waals surface area contributed by atoms with Gasteiger partial charge in [-0.25, -0.2) is 0 Å². The van der Waals surface area contributed by atoms with Crippen LogP contribution in [0.1, 0.15) is 335 Å². The first-order chi connectivity index (χ1) is 37.5. The molecule has 0 aromatic heterocycles. The zero-order valence-electron chi connectivity index (χ0n) is 50.5. The molecule has 0 radical (unpaired) electrons. The molecular weight excluding hydrogens is 937 g/mol. The Labute approximate surface area is 472 Å². The molecular formula is C70H124O6. The minimum atomic E-state index is -0.797. The van der Waals surface area contributed by atoms with Gasteiger partial charge in [0.25, 0.3) is 0 Å². The van der Waals surface area contributed by atoms with Gasteiger partial charge in [0.05, 0.1) is 0 Å². The summed E-state index contributed by atoms with van der Waals surface area (Å²) in [4.78, 5) is 38.3. The molecule has 0 amide bonds. The Kier molecular flexibility index (Phi) is 61.7. The van der Waals surface area contributed by atoms with Crippen LogP contribution in [0.25, 0.3) is 0 Å². The Morgan fingerprint density at radius 3 is 0.803 bits per heavy atom. The summed E-state index contributed by atoms with van der Waals surface area (Å²) >= 11 is 0. The van der Waals surface area contributed by atoms with Crippen LogP contribution in [0, 0.1) is 0 Å². The van der Waals surface area contributed by atoms with E-state index in [-0.39, 0.29) is 37.5 Å². The van der Waals surface area contributed by atoms with Gasteiger partial charge in [0.15, 0.2) is 6.10 Å². The highest BCUT2D eigenvalue weighted by atomic mass is 16.6. The second-order valence-corrected chi connectivity index (χ2v) is 22.0. The Morgan fingerprint density at radius 2 is 0.513 bits per heavy atom. The molecule has 0 heterocycles. The quantitative estimate of drug-likeness (QED) is 0.0261. The van der Waals surface area contributed by atoms with Crippen molar-refractivity contribution in [2.75, 3.05) is 13.2 Å². The second kappa shape index (κ2) is 64.4. The highest BCUT2D eigenvalue weighted by molar-refractivity contribution is 5.71. The third kappa shape index (κ3) is 61.7. The number of carbonyl (C=O) groups is 3. The number of carbonyl (C=O) groups excluding carboxylic acids is 3. The Bertz CT molecular complexity index is 1400. The molecule has 0 saturated heterocycles. The third-order valence-corrected chi connectivity index (χ3v) is 14.5. The third-order valence-electron chi connectivity index (χ3n) is 14.5. The molecule has 0 aromatic carbocycles. The maximum atomic E-state index is 12.9. The molecule has 0 saturated carbocycles. The molecule has 0 aliphatic heterocycles. The molecule has 0 rings (SSSR count). The molecule has 0 bridgehead atoms. The van der Waals surface area contributed by atoms with Crippen molar-refractivity contribution in [2.45, 2.75) is 341 Å². The topological polar surface area (TPSA) is 78.9 Å². The molecule has 440 valence electrons. The van der Waals surface area contributed by atoms with Crippen molar-refractivity contribution in [1.82, 2.24) is 0 Å². The highest BCUT2D eigenvalue weighted by Crippen LogP contribution is 2.18. The van der Waals surface area contributed by atoms with E-state index in [9.17, 15) is 14.4 Å². The average molecular weight is 1060 g/mol. The number of esters is 3. The zero-order chi connectivity index (χ0) is 55.0. The van der Waals surface area contributed by atoms with Crippen LogP contribution >= 0.6 is 0 Å². The van der Waals surface area contributed by atoms with Gasteiger partial charge in [-0.2, -0.15) is 0 Å². The number of ether oxygens (including phenoxy) is 3. The molecule has 0 aliphatic carbocycles. The summed E-state index contributed by atoms with van der Waals surface area (Å²) < 4.78 is 16.9. The van der Waals surface area contributed by atoms with Crippen molar-refractivity contribution < 1.29 is 28.6 Å². The van der Waals surface area contributed by atoms with Gasteiger partial charge in [0.1, 0.15) is 13.2 Å². The first-order valence-electron chi connectivity index (χ1n) is 32.9. The molecule has 0 aromatic rings. The molecule has 6 nitrogen and oxygen atoms in total. The molecule has 0 spiro atoms. The van der Waals surface area contributed by atoms with E-state index in [4.69, 9.17) is 14.2 Å². The number of rotatable bonds is 60. The van der Waals surface area contributed by atoms with Crippen LogP contribution in [-0.4, -0.2) is 37.2 Å². The van der Waals surface area contributed by atoms with Crippen LogP contribution in [-0.2, 0) is 28.6 Å². The first-order valence-corrected chi connectivity index (χ1v) is 32.9. The van der Waals surface area contributed by atoms with Gasteiger partial charge in [0, 0.05) is 19.3 Å². The fourth-order valence-corrected chi connectivity index (χ4v) is 9.57. The number of hydrogen-bond donors (Lipinski definition) is 0. The minimum absolute atomic E-state index is 0.0888. The van der Waals surface area contributed by atoms with Crippen LogP contribution in [0.15, 0.2) is 72.9 Å². The Morgan fingerprint density at radius 1 is 0.276 bits per heavy atom. The average Bonchev–Trinajstić information content (AvgIpc) is 3.42. The lowest BCUT2D eigenvalue weighted by molar-refractivity contribution is -0.167. The van der Waals surface area contributed by atoms with E-state index in [1.807, 2.05) is 0 Å². The van der Waals surface area contributed by atoms with Crippen LogP contribution in [0.2, 0.25) is 0 Å². The SMILES string of the molecule is CC/C=C\C/C=C\C/C=C\C/C=C\C/C=C\C/C=C\CCCCC(=O)OC(COC(=O)CCCCCCCCCCCCCCC)COC(=O)CCCCCCCCCCCCCCCCCCCCCCCCCC. The molecule has 0 fully saturated rings. The van der Waals surface area contributed by atoms with Crippen molar-refractivity contribution in [3.63, 3.8) is 0 Å². The highest BCUT2D eigenvalue weighted by Gasteiger charge is 2.19. The zero-order valence-corrected chi connectivity index (χ0v) is 50.5.